The Labute approximate surface area is 111 Å². The summed E-state index contributed by atoms with van der Waals surface area (Å²) in [7, 11) is 0. The summed E-state index contributed by atoms with van der Waals surface area (Å²) in [6.07, 6.45) is 8.59. The van der Waals surface area contributed by atoms with Gasteiger partial charge in [0.1, 0.15) is 0 Å². The van der Waals surface area contributed by atoms with E-state index in [1.54, 1.807) is 0 Å². The zero-order valence-corrected chi connectivity index (χ0v) is 14.3. The summed E-state index contributed by atoms with van der Waals surface area (Å²) in [4.78, 5) is 10.9. The summed E-state index contributed by atoms with van der Waals surface area (Å²) in [6.45, 7) is 4.28. The summed E-state index contributed by atoms with van der Waals surface area (Å²) in [5.41, 5.74) is 0. The van der Waals surface area contributed by atoms with Crippen molar-refractivity contribution in [1.82, 2.24) is 0 Å². The van der Waals surface area contributed by atoms with E-state index in [2.05, 4.69) is 13.8 Å². The van der Waals surface area contributed by atoms with Gasteiger partial charge in [-0.05, 0) is 12.8 Å². The van der Waals surface area contributed by atoms with Gasteiger partial charge in [0.05, 0.1) is 5.92 Å². The fourth-order valence-electron chi connectivity index (χ4n) is 1.66. The van der Waals surface area contributed by atoms with Crippen LogP contribution in [0.25, 0.3) is 0 Å². The van der Waals surface area contributed by atoms with Crippen molar-refractivity contribution in [1.29, 1.82) is 0 Å². The minimum absolute atomic E-state index is 0. The summed E-state index contributed by atoms with van der Waals surface area (Å²) >= 11 is 0. The minimum atomic E-state index is -0.602. The molecule has 0 aliphatic heterocycles. The third-order valence-corrected chi connectivity index (χ3v) is 2.66. The van der Waals surface area contributed by atoms with Crippen molar-refractivity contribution < 1.29 is 9.90 Å². The van der Waals surface area contributed by atoms with E-state index in [0.717, 1.165) is 32.1 Å². The maximum atomic E-state index is 10.9. The number of carbonyl (C=O) groups is 1. The van der Waals surface area contributed by atoms with Gasteiger partial charge >= 0.3 is 29.9 Å². The second kappa shape index (κ2) is 12.3. The van der Waals surface area contributed by atoms with Gasteiger partial charge in [-0.3, -0.25) is 4.79 Å². The molecule has 1 unspecified atom stereocenters. The molecule has 0 saturated carbocycles. The van der Waals surface area contributed by atoms with Gasteiger partial charge < -0.3 is 5.11 Å². The van der Waals surface area contributed by atoms with Crippen LogP contribution in [0, 0.1) is 5.92 Å². The number of carboxylic acids is 1. The van der Waals surface area contributed by atoms with E-state index in [9.17, 15) is 4.79 Å². The first kappa shape index (κ1) is 17.7. The van der Waals surface area contributed by atoms with Gasteiger partial charge in [0, 0.05) is 0 Å². The molecule has 0 rings (SSSR count). The molecule has 0 bridgehead atoms. The van der Waals surface area contributed by atoms with E-state index < -0.39 is 5.97 Å². The monoisotopic (exact) mass is 322 g/mol. The van der Waals surface area contributed by atoms with Crippen LogP contribution in [-0.2, 0) is 4.79 Å². The topological polar surface area (TPSA) is 37.3 Å². The Morgan fingerprint density at radius 1 is 1.00 bits per heavy atom. The average molecular weight is 321 g/mol. The van der Waals surface area contributed by atoms with Crippen LogP contribution < -0.4 is 0 Å². The van der Waals surface area contributed by atoms with Crippen LogP contribution >= 0.6 is 0 Å². The molecule has 0 amide bonds. The van der Waals surface area contributed by atoms with Crippen LogP contribution in [0.5, 0.6) is 0 Å². The Balaban J connectivity index is 0. The van der Waals surface area contributed by atoms with Crippen molar-refractivity contribution in [3.8, 4) is 0 Å². The van der Waals surface area contributed by atoms with Gasteiger partial charge in [0.2, 0.25) is 0 Å². The molecule has 0 aliphatic rings. The number of hydrogen-bond donors (Lipinski definition) is 1. The Hall–Kier alpha value is 0.269. The number of aliphatic carboxylic acids is 1. The number of rotatable bonds is 9. The third-order valence-electron chi connectivity index (χ3n) is 2.66. The fraction of sp³-hybridized carbons (Fsp3) is 0.917. The predicted molar refractivity (Wildman–Crippen MR) is 68.0 cm³/mol. The first-order valence-corrected chi connectivity index (χ1v) is 5.95. The second-order valence-corrected chi connectivity index (χ2v) is 4.03. The fourth-order valence-corrected chi connectivity index (χ4v) is 1.66. The van der Waals surface area contributed by atoms with Crippen LogP contribution in [0.15, 0.2) is 0 Å². The van der Waals surface area contributed by atoms with Gasteiger partial charge in [-0.2, -0.15) is 0 Å². The van der Waals surface area contributed by atoms with Crippen LogP contribution in [0.3, 0.4) is 0 Å². The van der Waals surface area contributed by atoms with Gasteiger partial charge in [-0.15, -0.1) is 0 Å². The summed E-state index contributed by atoms with van der Waals surface area (Å²) in [5, 5.41) is 8.96. The van der Waals surface area contributed by atoms with Crippen molar-refractivity contribution in [2.45, 2.75) is 65.2 Å². The summed E-state index contributed by atoms with van der Waals surface area (Å²) < 4.78 is 0. The van der Waals surface area contributed by atoms with E-state index in [1.807, 2.05) is 0 Å². The van der Waals surface area contributed by atoms with Crippen molar-refractivity contribution in [2.75, 3.05) is 0 Å². The zero-order valence-electron chi connectivity index (χ0n) is 10.3. The zero-order chi connectivity index (χ0) is 10.8. The molecular formula is C12H26O2Sn. The quantitative estimate of drug-likeness (QED) is 0.524. The molecule has 0 aromatic carbocycles. The Morgan fingerprint density at radius 2 is 1.53 bits per heavy atom. The van der Waals surface area contributed by atoms with Gasteiger partial charge in [0.15, 0.2) is 0 Å². The van der Waals surface area contributed by atoms with Crippen molar-refractivity contribution >= 4 is 29.9 Å². The number of hydrogen-bond acceptors (Lipinski definition) is 1. The molecule has 15 heavy (non-hydrogen) atoms. The Kier molecular flexibility index (Phi) is 14.5. The number of carboxylic acid groups (broad SMARTS) is 1. The van der Waals surface area contributed by atoms with Gasteiger partial charge in [-0.25, -0.2) is 0 Å². The second-order valence-electron chi connectivity index (χ2n) is 4.03. The normalized spacial score (nSPS) is 11.9. The van der Waals surface area contributed by atoms with E-state index in [1.165, 1.54) is 19.3 Å². The van der Waals surface area contributed by atoms with Crippen molar-refractivity contribution in [3.63, 3.8) is 0 Å². The Morgan fingerprint density at radius 3 is 2.00 bits per heavy atom. The average Bonchev–Trinajstić information content (AvgIpc) is 2.16. The first-order chi connectivity index (χ1) is 6.72. The Bertz CT molecular complexity index is 149. The first-order valence-electron chi connectivity index (χ1n) is 5.95. The van der Waals surface area contributed by atoms with E-state index in [4.69, 9.17) is 5.11 Å². The predicted octanol–water partition coefficient (Wildman–Crippen LogP) is 2.93. The molecule has 1 N–H and O–H groups in total. The van der Waals surface area contributed by atoms with Gasteiger partial charge in [-0.1, -0.05) is 52.4 Å². The molecule has 3 heteroatoms. The molecule has 0 spiro atoms. The summed E-state index contributed by atoms with van der Waals surface area (Å²) in [5.74, 6) is -0.693. The van der Waals surface area contributed by atoms with Crippen LogP contribution in [-0.4, -0.2) is 35.0 Å². The van der Waals surface area contributed by atoms with Crippen molar-refractivity contribution in [2.24, 2.45) is 5.92 Å². The SMILES string of the molecule is CCCCCCC(CCCC)C(=O)O.[SnH2]. The molecule has 0 aliphatic carbocycles. The molecule has 0 saturated heterocycles. The molecule has 0 aromatic rings. The molecule has 2 radical (unpaired) electrons. The molecule has 0 fully saturated rings. The molecule has 0 aromatic heterocycles. The van der Waals surface area contributed by atoms with Crippen LogP contribution in [0.1, 0.15) is 65.2 Å². The standard InChI is InChI=1S/C12H24O2.Sn.2H/c1-3-5-7-8-10-11(12(13)14)9-6-4-2;;;/h11H,3-10H2,1-2H3,(H,13,14);;;. The third kappa shape index (κ3) is 10.5. The van der Waals surface area contributed by atoms with E-state index in [-0.39, 0.29) is 29.8 Å². The van der Waals surface area contributed by atoms with E-state index in [0.29, 0.717) is 0 Å². The summed E-state index contributed by atoms with van der Waals surface area (Å²) in [6, 6.07) is 0. The molecule has 90 valence electrons. The molecule has 0 heterocycles. The van der Waals surface area contributed by atoms with Crippen LogP contribution in [0.4, 0.5) is 0 Å². The van der Waals surface area contributed by atoms with Gasteiger partial charge in [0.25, 0.3) is 0 Å². The maximum absolute atomic E-state index is 10.9. The molecular weight excluding hydrogens is 295 g/mol. The molecule has 2 nitrogen and oxygen atoms in total. The number of unbranched alkanes of at least 4 members (excludes halogenated alkanes) is 4. The van der Waals surface area contributed by atoms with Crippen molar-refractivity contribution in [3.05, 3.63) is 0 Å². The molecule has 1 atom stereocenters. The van der Waals surface area contributed by atoms with E-state index >= 15 is 0 Å². The van der Waals surface area contributed by atoms with Crippen LogP contribution in [0.2, 0.25) is 0 Å².